The number of rotatable bonds is 4. The van der Waals surface area contributed by atoms with Gasteiger partial charge in [0.25, 0.3) is 0 Å². The maximum Gasteiger partial charge on any atom is 0.320 e. The highest BCUT2D eigenvalue weighted by atomic mass is 19.1. The highest BCUT2D eigenvalue weighted by Crippen LogP contribution is 2.24. The molecule has 1 aromatic carbocycles. The average molecular weight is 378 g/mol. The number of hydrogen-bond acceptors (Lipinski definition) is 3. The second-order valence-electron chi connectivity index (χ2n) is 6.66. The minimum absolute atomic E-state index is 0.0781. The Morgan fingerprint density at radius 3 is 2.52 bits per heavy atom. The number of benzene rings is 1. The largest absolute Gasteiger partial charge is 0.481 e. The van der Waals surface area contributed by atoms with Crippen LogP contribution in [0.15, 0.2) is 24.3 Å². The average Bonchev–Trinajstić information content (AvgIpc) is 2.95. The molecule has 144 valence electrons. The van der Waals surface area contributed by atoms with E-state index in [0.29, 0.717) is 31.4 Å². The lowest BCUT2D eigenvalue weighted by Crippen LogP contribution is -2.41. The maximum absolute atomic E-state index is 13.9. The number of halogens is 2. The summed E-state index contributed by atoms with van der Waals surface area (Å²) in [4.78, 5) is 23.1. The summed E-state index contributed by atoms with van der Waals surface area (Å²) in [6.45, 7) is 1.69. The lowest BCUT2D eigenvalue weighted by Gasteiger charge is -2.26. The molecule has 2 amide bonds. The zero-order chi connectivity index (χ0) is 19.6. The first-order chi connectivity index (χ1) is 12.8. The van der Waals surface area contributed by atoms with E-state index in [1.165, 1.54) is 10.7 Å². The second kappa shape index (κ2) is 7.73. The van der Waals surface area contributed by atoms with Gasteiger partial charge in [-0.3, -0.25) is 10.1 Å². The third kappa shape index (κ3) is 4.42. The van der Waals surface area contributed by atoms with Gasteiger partial charge in [0.2, 0.25) is 0 Å². The van der Waals surface area contributed by atoms with E-state index in [9.17, 15) is 18.4 Å². The Balaban J connectivity index is 1.61. The predicted octanol–water partition coefficient (Wildman–Crippen LogP) is 3.22. The van der Waals surface area contributed by atoms with Gasteiger partial charge in [0.15, 0.2) is 11.6 Å². The second-order valence-corrected chi connectivity index (χ2v) is 6.66. The van der Waals surface area contributed by atoms with Gasteiger partial charge in [0.05, 0.1) is 5.92 Å². The molecule has 3 rings (SSSR count). The Hall–Kier alpha value is -2.97. The van der Waals surface area contributed by atoms with Crippen LogP contribution in [0.4, 0.5) is 19.4 Å². The van der Waals surface area contributed by atoms with Crippen molar-refractivity contribution in [2.24, 2.45) is 5.92 Å². The van der Waals surface area contributed by atoms with Crippen molar-refractivity contribution in [3.63, 3.8) is 0 Å². The van der Waals surface area contributed by atoms with Crippen LogP contribution in [-0.2, 0) is 4.79 Å². The molecule has 1 aliphatic rings. The van der Waals surface area contributed by atoms with E-state index in [4.69, 9.17) is 5.11 Å². The lowest BCUT2D eigenvalue weighted by atomic mass is 9.86. The van der Waals surface area contributed by atoms with Gasteiger partial charge in [-0.2, -0.15) is 0 Å². The van der Waals surface area contributed by atoms with E-state index < -0.39 is 23.6 Å². The highest BCUT2D eigenvalue weighted by molar-refractivity contribution is 5.88. The zero-order valence-electron chi connectivity index (χ0n) is 14.7. The Labute approximate surface area is 154 Å². The predicted molar refractivity (Wildman–Crippen MR) is 93.8 cm³/mol. The summed E-state index contributed by atoms with van der Waals surface area (Å²) >= 11 is 0. The van der Waals surface area contributed by atoms with Crippen LogP contribution < -0.4 is 10.6 Å². The maximum atomic E-state index is 13.9. The minimum atomic E-state index is -0.799. The fourth-order valence-corrected chi connectivity index (χ4v) is 3.25. The number of aromatic nitrogens is 2. The molecule has 9 heteroatoms. The number of anilines is 1. The molecular weight excluding hydrogens is 358 g/mol. The smallest absolute Gasteiger partial charge is 0.320 e. The van der Waals surface area contributed by atoms with E-state index in [0.717, 1.165) is 12.1 Å². The van der Waals surface area contributed by atoms with Gasteiger partial charge >= 0.3 is 12.0 Å². The van der Waals surface area contributed by atoms with Crippen molar-refractivity contribution in [3.05, 3.63) is 41.6 Å². The normalized spacial score (nSPS) is 19.5. The van der Waals surface area contributed by atoms with Crippen LogP contribution in [0.25, 0.3) is 5.69 Å². The molecule has 0 bridgehead atoms. The molecule has 0 radical (unpaired) electrons. The molecule has 1 aliphatic carbocycles. The van der Waals surface area contributed by atoms with Crippen molar-refractivity contribution in [2.45, 2.75) is 38.6 Å². The summed E-state index contributed by atoms with van der Waals surface area (Å²) in [6.07, 6.45) is 2.24. The van der Waals surface area contributed by atoms with Crippen molar-refractivity contribution in [1.29, 1.82) is 0 Å². The highest BCUT2D eigenvalue weighted by Gasteiger charge is 2.26. The van der Waals surface area contributed by atoms with Gasteiger partial charge in [-0.15, -0.1) is 5.10 Å². The van der Waals surface area contributed by atoms with Crippen molar-refractivity contribution in [3.8, 4) is 5.69 Å². The zero-order valence-corrected chi connectivity index (χ0v) is 14.7. The SMILES string of the molecule is Cc1cc(NC(=O)NC2CCC(C(=O)O)CC2)nn1-c1ccc(F)cc1F. The van der Waals surface area contributed by atoms with E-state index >= 15 is 0 Å². The number of carboxylic acid groups (broad SMARTS) is 1. The molecule has 2 aromatic rings. The standard InChI is InChI=1S/C18H20F2N4O3/c1-10-8-16(23-24(10)15-7-4-12(19)9-14(15)20)22-18(27)21-13-5-2-11(3-6-13)17(25)26/h4,7-9,11,13H,2-3,5-6H2,1H3,(H,25,26)(H2,21,22,23,27). The molecule has 0 unspecified atom stereocenters. The van der Waals surface area contributed by atoms with Gasteiger partial charge < -0.3 is 10.4 Å². The summed E-state index contributed by atoms with van der Waals surface area (Å²) < 4.78 is 28.3. The molecule has 1 heterocycles. The van der Waals surface area contributed by atoms with E-state index in [2.05, 4.69) is 15.7 Å². The van der Waals surface area contributed by atoms with Crippen molar-refractivity contribution >= 4 is 17.8 Å². The summed E-state index contributed by atoms with van der Waals surface area (Å²) in [5, 5.41) is 18.5. The topological polar surface area (TPSA) is 96.2 Å². The summed E-state index contributed by atoms with van der Waals surface area (Å²) in [5.41, 5.74) is 0.645. The third-order valence-electron chi connectivity index (χ3n) is 4.68. The fourth-order valence-electron chi connectivity index (χ4n) is 3.25. The third-order valence-corrected chi connectivity index (χ3v) is 4.68. The first kappa shape index (κ1) is 18.8. The molecule has 27 heavy (non-hydrogen) atoms. The van der Waals surface area contributed by atoms with Crippen LogP contribution in [0.2, 0.25) is 0 Å². The number of nitrogens with one attached hydrogen (secondary N) is 2. The molecular formula is C18H20F2N4O3. The summed E-state index contributed by atoms with van der Waals surface area (Å²) in [7, 11) is 0. The van der Waals surface area contributed by atoms with Gasteiger partial charge in [-0.05, 0) is 44.7 Å². The number of carbonyl (C=O) groups is 2. The number of urea groups is 1. The molecule has 7 nitrogen and oxygen atoms in total. The molecule has 0 spiro atoms. The molecule has 0 aliphatic heterocycles. The number of amides is 2. The molecule has 0 atom stereocenters. The van der Waals surface area contributed by atoms with Crippen LogP contribution in [0.3, 0.4) is 0 Å². The first-order valence-electron chi connectivity index (χ1n) is 8.66. The molecule has 3 N–H and O–H groups in total. The van der Waals surface area contributed by atoms with Crippen molar-refractivity contribution in [1.82, 2.24) is 15.1 Å². The fraction of sp³-hybridized carbons (Fsp3) is 0.389. The van der Waals surface area contributed by atoms with Crippen LogP contribution in [0.1, 0.15) is 31.4 Å². The van der Waals surface area contributed by atoms with Crippen molar-refractivity contribution in [2.75, 3.05) is 5.32 Å². The van der Waals surface area contributed by atoms with Crippen LogP contribution in [0.5, 0.6) is 0 Å². The number of aliphatic carboxylic acids is 1. The summed E-state index contributed by atoms with van der Waals surface area (Å²) in [5.74, 6) is -2.36. The van der Waals surface area contributed by atoms with Crippen molar-refractivity contribution < 1.29 is 23.5 Å². The number of carbonyl (C=O) groups excluding carboxylic acids is 1. The van der Waals surface area contributed by atoms with Gasteiger partial charge in [0, 0.05) is 23.9 Å². The Kier molecular flexibility index (Phi) is 5.38. The van der Waals surface area contributed by atoms with Gasteiger partial charge in [-0.25, -0.2) is 18.3 Å². The van der Waals surface area contributed by atoms with Crippen LogP contribution >= 0.6 is 0 Å². The number of carboxylic acids is 1. The minimum Gasteiger partial charge on any atom is -0.481 e. The van der Waals surface area contributed by atoms with E-state index in [1.807, 2.05) is 0 Å². The Morgan fingerprint density at radius 2 is 1.89 bits per heavy atom. The quantitative estimate of drug-likeness (QED) is 0.761. The summed E-state index contributed by atoms with van der Waals surface area (Å²) in [6, 6.07) is 4.19. The molecule has 1 saturated carbocycles. The molecule has 0 saturated heterocycles. The first-order valence-corrected chi connectivity index (χ1v) is 8.66. The van der Waals surface area contributed by atoms with Crippen LogP contribution in [0, 0.1) is 24.5 Å². The Morgan fingerprint density at radius 1 is 1.19 bits per heavy atom. The monoisotopic (exact) mass is 378 g/mol. The number of hydrogen-bond donors (Lipinski definition) is 3. The molecule has 1 fully saturated rings. The van der Waals surface area contributed by atoms with E-state index in [-0.39, 0.29) is 23.5 Å². The molecule has 1 aromatic heterocycles. The Bertz CT molecular complexity index is 860. The lowest BCUT2D eigenvalue weighted by molar-refractivity contribution is -0.142. The van der Waals surface area contributed by atoms with Gasteiger partial charge in [0.1, 0.15) is 11.5 Å². The van der Waals surface area contributed by atoms with E-state index in [1.54, 1.807) is 13.0 Å². The van der Waals surface area contributed by atoms with Crippen LogP contribution in [-0.4, -0.2) is 32.9 Å². The van der Waals surface area contributed by atoms with Gasteiger partial charge in [-0.1, -0.05) is 0 Å². The number of nitrogens with zero attached hydrogens (tertiary/aromatic N) is 2. The number of aryl methyl sites for hydroxylation is 1.